The topological polar surface area (TPSA) is 64.7 Å². The minimum absolute atomic E-state index is 0.164. The zero-order chi connectivity index (χ0) is 13.7. The van der Waals surface area contributed by atoms with E-state index in [1.54, 1.807) is 6.07 Å². The first kappa shape index (κ1) is 13.4. The standard InChI is InChI=1S/C14H17NO4/c1-3-17-13-6-5-10(7-14(13)18-4-2)12-8-11(9-16)19-15-12/h5-8,16H,3-4,9H2,1-2H3. The molecule has 0 amide bonds. The van der Waals surface area contributed by atoms with Crippen LogP contribution in [0, 0.1) is 0 Å². The summed E-state index contributed by atoms with van der Waals surface area (Å²) in [6.45, 7) is 4.82. The van der Waals surface area contributed by atoms with E-state index in [-0.39, 0.29) is 6.61 Å². The third-order valence-electron chi connectivity index (χ3n) is 2.55. The molecule has 1 N–H and O–H groups in total. The molecule has 2 aromatic rings. The van der Waals surface area contributed by atoms with Gasteiger partial charge in [-0.3, -0.25) is 0 Å². The van der Waals surface area contributed by atoms with Gasteiger partial charge in [0.1, 0.15) is 12.3 Å². The lowest BCUT2D eigenvalue weighted by Gasteiger charge is -2.11. The van der Waals surface area contributed by atoms with E-state index in [9.17, 15) is 0 Å². The van der Waals surface area contributed by atoms with Crippen molar-refractivity contribution in [2.75, 3.05) is 13.2 Å². The minimum Gasteiger partial charge on any atom is -0.490 e. The summed E-state index contributed by atoms with van der Waals surface area (Å²) in [4.78, 5) is 0. The highest BCUT2D eigenvalue weighted by atomic mass is 16.5. The molecule has 2 rings (SSSR count). The third kappa shape index (κ3) is 3.06. The van der Waals surface area contributed by atoms with E-state index < -0.39 is 0 Å². The fourth-order valence-electron chi connectivity index (χ4n) is 1.73. The lowest BCUT2D eigenvalue weighted by Crippen LogP contribution is -1.98. The van der Waals surface area contributed by atoms with Gasteiger partial charge in [-0.15, -0.1) is 0 Å². The SMILES string of the molecule is CCOc1ccc(-c2cc(CO)on2)cc1OCC. The van der Waals surface area contributed by atoms with Gasteiger partial charge in [-0.2, -0.15) is 0 Å². The normalized spacial score (nSPS) is 10.5. The first-order valence-corrected chi connectivity index (χ1v) is 6.25. The number of aromatic nitrogens is 1. The molecule has 0 aliphatic heterocycles. The maximum Gasteiger partial charge on any atom is 0.162 e. The molecular formula is C14H17NO4. The molecule has 0 radical (unpaired) electrons. The zero-order valence-corrected chi connectivity index (χ0v) is 11.0. The lowest BCUT2D eigenvalue weighted by molar-refractivity contribution is 0.229. The number of nitrogens with zero attached hydrogens (tertiary/aromatic N) is 1. The molecule has 5 heteroatoms. The van der Waals surface area contributed by atoms with Gasteiger partial charge in [-0.1, -0.05) is 5.16 Å². The Morgan fingerprint density at radius 2 is 1.84 bits per heavy atom. The molecule has 0 unspecified atom stereocenters. The van der Waals surface area contributed by atoms with Crippen molar-refractivity contribution in [3.05, 3.63) is 30.0 Å². The first-order valence-electron chi connectivity index (χ1n) is 6.25. The summed E-state index contributed by atoms with van der Waals surface area (Å²) in [5, 5.41) is 12.9. The van der Waals surface area contributed by atoms with Crippen molar-refractivity contribution in [1.82, 2.24) is 5.16 Å². The van der Waals surface area contributed by atoms with Crippen molar-refractivity contribution in [1.29, 1.82) is 0 Å². The minimum atomic E-state index is -0.164. The van der Waals surface area contributed by atoms with Crippen molar-refractivity contribution in [3.8, 4) is 22.8 Å². The van der Waals surface area contributed by atoms with Crippen LogP contribution < -0.4 is 9.47 Å². The van der Waals surface area contributed by atoms with Crippen LogP contribution in [-0.4, -0.2) is 23.5 Å². The molecule has 0 bridgehead atoms. The van der Waals surface area contributed by atoms with Gasteiger partial charge in [0.05, 0.1) is 13.2 Å². The van der Waals surface area contributed by atoms with Gasteiger partial charge in [0.25, 0.3) is 0 Å². The largest absolute Gasteiger partial charge is 0.490 e. The summed E-state index contributed by atoms with van der Waals surface area (Å²) >= 11 is 0. The van der Waals surface area contributed by atoms with Crippen molar-refractivity contribution < 1.29 is 19.1 Å². The summed E-state index contributed by atoms with van der Waals surface area (Å²) < 4.78 is 16.0. The molecular weight excluding hydrogens is 246 g/mol. The Labute approximate surface area is 111 Å². The summed E-state index contributed by atoms with van der Waals surface area (Å²) in [7, 11) is 0. The number of hydrogen-bond donors (Lipinski definition) is 1. The summed E-state index contributed by atoms with van der Waals surface area (Å²) in [6.07, 6.45) is 0. The van der Waals surface area contributed by atoms with Crippen molar-refractivity contribution >= 4 is 0 Å². The Morgan fingerprint density at radius 1 is 1.11 bits per heavy atom. The molecule has 0 saturated heterocycles. The Bertz CT molecular complexity index is 536. The second-order valence-corrected chi connectivity index (χ2v) is 3.86. The number of ether oxygens (including phenoxy) is 2. The maximum atomic E-state index is 8.97. The summed E-state index contributed by atoms with van der Waals surface area (Å²) in [6, 6.07) is 7.28. The number of rotatable bonds is 6. The van der Waals surface area contributed by atoms with Crippen molar-refractivity contribution in [2.45, 2.75) is 20.5 Å². The number of hydrogen-bond acceptors (Lipinski definition) is 5. The van der Waals surface area contributed by atoms with Crippen LogP contribution in [-0.2, 0) is 6.61 Å². The summed E-state index contributed by atoms with van der Waals surface area (Å²) in [5.74, 6) is 1.82. The molecule has 0 aliphatic rings. The molecule has 1 aromatic heterocycles. The number of aliphatic hydroxyl groups excluding tert-OH is 1. The van der Waals surface area contributed by atoms with Crippen LogP contribution in [0.4, 0.5) is 0 Å². The third-order valence-corrected chi connectivity index (χ3v) is 2.55. The van der Waals surface area contributed by atoms with E-state index in [1.807, 2.05) is 32.0 Å². The van der Waals surface area contributed by atoms with E-state index in [1.165, 1.54) is 0 Å². The van der Waals surface area contributed by atoms with Crippen LogP contribution >= 0.6 is 0 Å². The Morgan fingerprint density at radius 3 is 2.47 bits per heavy atom. The molecule has 0 fully saturated rings. The van der Waals surface area contributed by atoms with Gasteiger partial charge >= 0.3 is 0 Å². The van der Waals surface area contributed by atoms with Gasteiger partial charge in [-0.25, -0.2) is 0 Å². The van der Waals surface area contributed by atoms with Gasteiger partial charge < -0.3 is 19.1 Å². The average molecular weight is 263 g/mol. The predicted molar refractivity (Wildman–Crippen MR) is 70.2 cm³/mol. The molecule has 0 spiro atoms. The Balaban J connectivity index is 2.33. The zero-order valence-electron chi connectivity index (χ0n) is 11.0. The van der Waals surface area contributed by atoms with Gasteiger partial charge in [0.15, 0.2) is 17.3 Å². The number of aliphatic hydroxyl groups is 1. The Kier molecular flexibility index (Phi) is 4.41. The monoisotopic (exact) mass is 263 g/mol. The van der Waals surface area contributed by atoms with Crippen LogP contribution in [0.2, 0.25) is 0 Å². The van der Waals surface area contributed by atoms with Crippen LogP contribution in [0.5, 0.6) is 11.5 Å². The second kappa shape index (κ2) is 6.24. The van der Waals surface area contributed by atoms with Crippen molar-refractivity contribution in [3.63, 3.8) is 0 Å². The van der Waals surface area contributed by atoms with E-state index in [2.05, 4.69) is 5.16 Å². The molecule has 0 saturated carbocycles. The second-order valence-electron chi connectivity index (χ2n) is 3.86. The van der Waals surface area contributed by atoms with Gasteiger partial charge in [0, 0.05) is 11.6 Å². The van der Waals surface area contributed by atoms with E-state index >= 15 is 0 Å². The van der Waals surface area contributed by atoms with Gasteiger partial charge in [-0.05, 0) is 32.0 Å². The van der Waals surface area contributed by atoms with Crippen LogP contribution in [0.15, 0.2) is 28.8 Å². The van der Waals surface area contributed by atoms with Gasteiger partial charge in [0.2, 0.25) is 0 Å². The molecule has 5 nitrogen and oxygen atoms in total. The molecule has 1 heterocycles. The Hall–Kier alpha value is -2.01. The molecule has 102 valence electrons. The van der Waals surface area contributed by atoms with Crippen LogP contribution in [0.3, 0.4) is 0 Å². The lowest BCUT2D eigenvalue weighted by atomic mass is 10.1. The van der Waals surface area contributed by atoms with Crippen LogP contribution in [0.1, 0.15) is 19.6 Å². The molecule has 0 aliphatic carbocycles. The maximum absolute atomic E-state index is 8.97. The highest BCUT2D eigenvalue weighted by Gasteiger charge is 2.10. The fraction of sp³-hybridized carbons (Fsp3) is 0.357. The molecule has 0 atom stereocenters. The first-order chi connectivity index (χ1) is 9.28. The molecule has 19 heavy (non-hydrogen) atoms. The van der Waals surface area contributed by atoms with E-state index in [4.69, 9.17) is 19.1 Å². The average Bonchev–Trinajstić information content (AvgIpc) is 2.90. The van der Waals surface area contributed by atoms with Crippen LogP contribution in [0.25, 0.3) is 11.3 Å². The highest BCUT2D eigenvalue weighted by Crippen LogP contribution is 2.32. The highest BCUT2D eigenvalue weighted by molar-refractivity contribution is 5.63. The van der Waals surface area contributed by atoms with E-state index in [0.717, 1.165) is 5.56 Å². The van der Waals surface area contributed by atoms with Crippen molar-refractivity contribution in [2.24, 2.45) is 0 Å². The predicted octanol–water partition coefficient (Wildman–Crippen LogP) is 2.63. The molecule has 1 aromatic carbocycles. The van der Waals surface area contributed by atoms with E-state index in [0.29, 0.717) is 36.2 Å². The summed E-state index contributed by atoms with van der Waals surface area (Å²) in [5.41, 5.74) is 1.52. The quantitative estimate of drug-likeness (QED) is 0.867. The number of benzene rings is 1. The fourth-order valence-corrected chi connectivity index (χ4v) is 1.73. The smallest absolute Gasteiger partial charge is 0.162 e.